The normalized spacial score (nSPS) is 15.0. The summed E-state index contributed by atoms with van der Waals surface area (Å²) in [7, 11) is 0. The zero-order valence-electron chi connectivity index (χ0n) is 9.65. The Hall–Kier alpha value is -2.31. The quantitative estimate of drug-likeness (QED) is 0.798. The van der Waals surface area contributed by atoms with E-state index in [1.54, 1.807) is 4.68 Å². The summed E-state index contributed by atoms with van der Waals surface area (Å²) >= 11 is 0. The molecule has 0 unspecified atom stereocenters. The molecule has 1 aromatic heterocycles. The van der Waals surface area contributed by atoms with Gasteiger partial charge < -0.3 is 14.7 Å². The van der Waals surface area contributed by atoms with Crippen LogP contribution >= 0.6 is 0 Å². The van der Waals surface area contributed by atoms with Crippen molar-refractivity contribution in [1.82, 2.24) is 14.7 Å². The van der Waals surface area contributed by atoms with Crippen molar-refractivity contribution in [2.45, 2.75) is 6.04 Å². The molecule has 1 aliphatic rings. The predicted molar refractivity (Wildman–Crippen MR) is 61.3 cm³/mol. The van der Waals surface area contributed by atoms with Crippen molar-refractivity contribution < 1.29 is 19.4 Å². The highest BCUT2D eigenvalue weighted by molar-refractivity contribution is 5.86. The number of amides is 1. The Morgan fingerprint density at radius 2 is 2.33 bits per heavy atom. The van der Waals surface area contributed by atoms with Gasteiger partial charge in [0.2, 0.25) is 0 Å². The Morgan fingerprint density at radius 1 is 1.61 bits per heavy atom. The molecule has 7 nitrogen and oxygen atoms in total. The first-order valence-corrected chi connectivity index (χ1v) is 5.42. The number of ether oxygens (including phenoxy) is 1. The molecule has 2 heterocycles. The fraction of sp³-hybridized carbons (Fsp3) is 0.364. The number of hydrogen-bond donors (Lipinski definition) is 1. The molecule has 1 amide bonds. The first-order chi connectivity index (χ1) is 8.61. The van der Waals surface area contributed by atoms with Crippen molar-refractivity contribution in [2.24, 2.45) is 0 Å². The summed E-state index contributed by atoms with van der Waals surface area (Å²) in [4.78, 5) is 23.6. The van der Waals surface area contributed by atoms with Crippen LogP contribution in [0.3, 0.4) is 0 Å². The SMILES string of the molecule is C=CCOC(=O)N1CC(n2cc(C(=O)O)cn2)C1. The number of nitrogens with zero attached hydrogens (tertiary/aromatic N) is 3. The van der Waals surface area contributed by atoms with Crippen molar-refractivity contribution >= 4 is 12.1 Å². The average Bonchev–Trinajstić information content (AvgIpc) is 2.73. The van der Waals surface area contributed by atoms with Crippen LogP contribution in [0.2, 0.25) is 0 Å². The number of aromatic carboxylic acids is 1. The molecular formula is C11H13N3O4. The first kappa shape index (κ1) is 12.2. The third kappa shape index (κ3) is 2.34. The zero-order chi connectivity index (χ0) is 13.1. The van der Waals surface area contributed by atoms with Crippen LogP contribution in [0.25, 0.3) is 0 Å². The summed E-state index contributed by atoms with van der Waals surface area (Å²) in [5, 5.41) is 12.7. The Kier molecular flexibility index (Phi) is 3.31. The monoisotopic (exact) mass is 251 g/mol. The minimum absolute atomic E-state index is 0.00869. The second kappa shape index (κ2) is 4.91. The maximum absolute atomic E-state index is 11.4. The van der Waals surface area contributed by atoms with Crippen LogP contribution in [0, 0.1) is 0 Å². The Labute approximate surface area is 103 Å². The summed E-state index contributed by atoms with van der Waals surface area (Å²) in [6.07, 6.45) is 3.86. The molecular weight excluding hydrogens is 238 g/mol. The number of aromatic nitrogens is 2. The van der Waals surface area contributed by atoms with Gasteiger partial charge in [-0.1, -0.05) is 12.7 Å². The lowest BCUT2D eigenvalue weighted by molar-refractivity contribution is 0.0598. The van der Waals surface area contributed by atoms with E-state index in [2.05, 4.69) is 11.7 Å². The lowest BCUT2D eigenvalue weighted by atomic mass is 10.1. The molecule has 1 saturated heterocycles. The lowest BCUT2D eigenvalue weighted by Gasteiger charge is -2.38. The fourth-order valence-corrected chi connectivity index (χ4v) is 1.64. The van der Waals surface area contributed by atoms with E-state index in [0.29, 0.717) is 13.1 Å². The van der Waals surface area contributed by atoms with Gasteiger partial charge in [0.15, 0.2) is 0 Å². The Bertz CT molecular complexity index is 476. The number of carbonyl (C=O) groups is 2. The summed E-state index contributed by atoms with van der Waals surface area (Å²) in [6.45, 7) is 4.58. The Balaban J connectivity index is 1.86. The van der Waals surface area contributed by atoms with Crippen LogP contribution in [-0.2, 0) is 4.74 Å². The second-order valence-corrected chi connectivity index (χ2v) is 3.94. The van der Waals surface area contributed by atoms with Crippen molar-refractivity contribution in [3.63, 3.8) is 0 Å². The maximum atomic E-state index is 11.4. The predicted octanol–water partition coefficient (Wildman–Crippen LogP) is 0.761. The minimum Gasteiger partial charge on any atom is -0.478 e. The minimum atomic E-state index is -1.01. The van der Waals surface area contributed by atoms with Crippen LogP contribution in [-0.4, -0.2) is 51.5 Å². The van der Waals surface area contributed by atoms with E-state index in [1.165, 1.54) is 23.4 Å². The van der Waals surface area contributed by atoms with Gasteiger partial charge in [0.25, 0.3) is 0 Å². The largest absolute Gasteiger partial charge is 0.478 e. The number of likely N-dealkylation sites (tertiary alicyclic amines) is 1. The van der Waals surface area contributed by atoms with Gasteiger partial charge in [-0.3, -0.25) is 4.68 Å². The number of hydrogen-bond acceptors (Lipinski definition) is 4. The zero-order valence-corrected chi connectivity index (χ0v) is 9.65. The van der Waals surface area contributed by atoms with E-state index >= 15 is 0 Å². The lowest BCUT2D eigenvalue weighted by Crippen LogP contribution is -2.51. The molecule has 0 spiro atoms. The third-order valence-electron chi connectivity index (χ3n) is 2.67. The number of carbonyl (C=O) groups excluding carboxylic acids is 1. The van der Waals surface area contributed by atoms with Gasteiger partial charge in [0.1, 0.15) is 6.61 Å². The van der Waals surface area contributed by atoms with Crippen LogP contribution in [0.15, 0.2) is 25.0 Å². The highest BCUT2D eigenvalue weighted by Crippen LogP contribution is 2.21. The van der Waals surface area contributed by atoms with Crippen LogP contribution in [0.1, 0.15) is 16.4 Å². The van der Waals surface area contributed by atoms with Crippen molar-refractivity contribution in [3.05, 3.63) is 30.6 Å². The van der Waals surface area contributed by atoms with Crippen molar-refractivity contribution in [2.75, 3.05) is 19.7 Å². The molecule has 1 aliphatic heterocycles. The molecule has 1 fully saturated rings. The van der Waals surface area contributed by atoms with E-state index in [1.807, 2.05) is 0 Å². The van der Waals surface area contributed by atoms with Crippen LogP contribution in [0.4, 0.5) is 4.79 Å². The molecule has 0 bridgehead atoms. The smallest absolute Gasteiger partial charge is 0.410 e. The number of rotatable bonds is 4. The topological polar surface area (TPSA) is 84.7 Å². The van der Waals surface area contributed by atoms with E-state index in [4.69, 9.17) is 9.84 Å². The Morgan fingerprint density at radius 3 is 2.89 bits per heavy atom. The molecule has 0 aliphatic carbocycles. The summed E-state index contributed by atoms with van der Waals surface area (Å²) in [5.41, 5.74) is 0.141. The summed E-state index contributed by atoms with van der Waals surface area (Å²) < 4.78 is 6.42. The highest BCUT2D eigenvalue weighted by atomic mass is 16.6. The fourth-order valence-electron chi connectivity index (χ4n) is 1.64. The number of carboxylic acids is 1. The van der Waals surface area contributed by atoms with E-state index < -0.39 is 12.1 Å². The molecule has 0 atom stereocenters. The summed E-state index contributed by atoms with van der Waals surface area (Å²) in [6, 6.07) is 0.00869. The van der Waals surface area contributed by atoms with Gasteiger partial charge in [-0.05, 0) is 0 Å². The molecule has 1 aromatic rings. The van der Waals surface area contributed by atoms with Gasteiger partial charge in [-0.2, -0.15) is 5.10 Å². The average molecular weight is 251 g/mol. The van der Waals surface area contributed by atoms with Gasteiger partial charge in [0.05, 0.1) is 17.8 Å². The third-order valence-corrected chi connectivity index (χ3v) is 2.67. The van der Waals surface area contributed by atoms with Gasteiger partial charge in [-0.25, -0.2) is 9.59 Å². The molecule has 7 heteroatoms. The molecule has 0 radical (unpaired) electrons. The van der Waals surface area contributed by atoms with Crippen LogP contribution in [0.5, 0.6) is 0 Å². The van der Waals surface area contributed by atoms with E-state index in [9.17, 15) is 9.59 Å². The number of carboxylic acid groups (broad SMARTS) is 1. The molecule has 0 saturated carbocycles. The highest BCUT2D eigenvalue weighted by Gasteiger charge is 2.33. The standard InChI is InChI=1S/C11H13N3O4/c1-2-3-18-11(17)13-6-9(7-13)14-5-8(4-12-14)10(15)16/h2,4-5,9H,1,3,6-7H2,(H,15,16). The second-order valence-electron chi connectivity index (χ2n) is 3.94. The van der Waals surface area contributed by atoms with Crippen LogP contribution < -0.4 is 0 Å². The molecule has 2 rings (SSSR count). The van der Waals surface area contributed by atoms with Gasteiger partial charge in [0, 0.05) is 19.3 Å². The molecule has 0 aromatic carbocycles. The summed E-state index contributed by atoms with van der Waals surface area (Å²) in [5.74, 6) is -1.01. The molecule has 18 heavy (non-hydrogen) atoms. The van der Waals surface area contributed by atoms with Gasteiger partial charge >= 0.3 is 12.1 Å². The molecule has 96 valence electrons. The van der Waals surface area contributed by atoms with E-state index in [-0.39, 0.29) is 18.2 Å². The maximum Gasteiger partial charge on any atom is 0.410 e. The molecule has 1 N–H and O–H groups in total. The van der Waals surface area contributed by atoms with Crippen molar-refractivity contribution in [3.8, 4) is 0 Å². The first-order valence-electron chi connectivity index (χ1n) is 5.42. The van der Waals surface area contributed by atoms with E-state index in [0.717, 1.165) is 0 Å². The van der Waals surface area contributed by atoms with Gasteiger partial charge in [-0.15, -0.1) is 0 Å². The van der Waals surface area contributed by atoms with Crippen molar-refractivity contribution in [1.29, 1.82) is 0 Å².